The van der Waals surface area contributed by atoms with Gasteiger partial charge in [0, 0.05) is 12.3 Å². The fraction of sp³-hybridized carbons (Fsp3) is 0.0714. The van der Waals surface area contributed by atoms with Gasteiger partial charge in [0.05, 0.1) is 0 Å². The molecule has 3 rings (SSSR count). The molecule has 0 spiro atoms. The SMILES string of the molecule is Cc1cc(Nc2ccnc(Nc3c(F)cccc3F)n2)no1. The van der Waals surface area contributed by atoms with E-state index in [1.807, 2.05) is 0 Å². The minimum atomic E-state index is -0.728. The van der Waals surface area contributed by atoms with Crippen LogP contribution in [0.2, 0.25) is 0 Å². The van der Waals surface area contributed by atoms with E-state index >= 15 is 0 Å². The van der Waals surface area contributed by atoms with E-state index in [0.29, 0.717) is 17.4 Å². The van der Waals surface area contributed by atoms with Crippen molar-refractivity contribution in [3.63, 3.8) is 0 Å². The first-order valence-electron chi connectivity index (χ1n) is 6.36. The summed E-state index contributed by atoms with van der Waals surface area (Å²) in [5.74, 6) is 0.113. The maximum atomic E-state index is 13.6. The molecule has 0 aliphatic rings. The first-order chi connectivity index (χ1) is 10.6. The van der Waals surface area contributed by atoms with Crippen LogP contribution in [0.15, 0.2) is 41.1 Å². The molecule has 112 valence electrons. The van der Waals surface area contributed by atoms with E-state index in [9.17, 15) is 8.78 Å². The molecule has 0 bridgehead atoms. The third-order valence-corrected chi connectivity index (χ3v) is 2.74. The molecule has 0 amide bonds. The molecule has 0 unspecified atom stereocenters. The van der Waals surface area contributed by atoms with Crippen LogP contribution in [0.5, 0.6) is 0 Å². The summed E-state index contributed by atoms with van der Waals surface area (Å²) < 4.78 is 32.1. The molecule has 6 nitrogen and oxygen atoms in total. The largest absolute Gasteiger partial charge is 0.360 e. The minimum Gasteiger partial charge on any atom is -0.360 e. The van der Waals surface area contributed by atoms with Crippen LogP contribution >= 0.6 is 0 Å². The fourth-order valence-corrected chi connectivity index (χ4v) is 1.77. The number of para-hydroxylation sites is 1. The molecule has 0 radical (unpaired) electrons. The predicted molar refractivity (Wildman–Crippen MR) is 76.2 cm³/mol. The normalized spacial score (nSPS) is 10.5. The van der Waals surface area contributed by atoms with Crippen molar-refractivity contribution in [2.45, 2.75) is 6.92 Å². The van der Waals surface area contributed by atoms with E-state index < -0.39 is 11.6 Å². The number of aryl methyl sites for hydroxylation is 1. The van der Waals surface area contributed by atoms with E-state index in [0.717, 1.165) is 12.1 Å². The van der Waals surface area contributed by atoms with Gasteiger partial charge in [-0.15, -0.1) is 0 Å². The summed E-state index contributed by atoms with van der Waals surface area (Å²) in [6, 6.07) is 6.84. The summed E-state index contributed by atoms with van der Waals surface area (Å²) >= 11 is 0. The van der Waals surface area contributed by atoms with Crippen LogP contribution < -0.4 is 10.6 Å². The number of rotatable bonds is 4. The van der Waals surface area contributed by atoms with Crippen LogP contribution in [0.3, 0.4) is 0 Å². The van der Waals surface area contributed by atoms with Crippen molar-refractivity contribution in [1.29, 1.82) is 0 Å². The van der Waals surface area contributed by atoms with Crippen LogP contribution in [0, 0.1) is 18.6 Å². The van der Waals surface area contributed by atoms with Gasteiger partial charge in [-0.05, 0) is 25.1 Å². The van der Waals surface area contributed by atoms with E-state index in [4.69, 9.17) is 4.52 Å². The van der Waals surface area contributed by atoms with E-state index in [1.54, 1.807) is 19.1 Å². The summed E-state index contributed by atoms with van der Waals surface area (Å²) in [7, 11) is 0. The molecule has 1 aromatic carbocycles. The predicted octanol–water partition coefficient (Wildman–Crippen LogP) is 3.54. The highest BCUT2D eigenvalue weighted by molar-refractivity contribution is 5.58. The molecule has 0 aliphatic carbocycles. The molecule has 22 heavy (non-hydrogen) atoms. The van der Waals surface area contributed by atoms with Crippen LogP contribution in [-0.2, 0) is 0 Å². The Balaban J connectivity index is 1.82. The Morgan fingerprint density at radius 2 is 1.82 bits per heavy atom. The molecule has 8 heteroatoms. The monoisotopic (exact) mass is 303 g/mol. The van der Waals surface area contributed by atoms with Crippen molar-refractivity contribution in [3.05, 3.63) is 53.9 Å². The molecule has 3 aromatic rings. The fourth-order valence-electron chi connectivity index (χ4n) is 1.77. The van der Waals surface area contributed by atoms with E-state index in [-0.39, 0.29) is 11.6 Å². The Bertz CT molecular complexity index is 785. The Morgan fingerprint density at radius 3 is 2.50 bits per heavy atom. The molecule has 0 saturated heterocycles. The van der Waals surface area contributed by atoms with Crippen LogP contribution in [0.25, 0.3) is 0 Å². The Morgan fingerprint density at radius 1 is 1.05 bits per heavy atom. The topological polar surface area (TPSA) is 75.9 Å². The number of benzene rings is 1. The van der Waals surface area contributed by atoms with Crippen molar-refractivity contribution in [2.75, 3.05) is 10.6 Å². The van der Waals surface area contributed by atoms with Gasteiger partial charge >= 0.3 is 0 Å². The van der Waals surface area contributed by atoms with Crippen molar-refractivity contribution < 1.29 is 13.3 Å². The third-order valence-electron chi connectivity index (χ3n) is 2.74. The van der Waals surface area contributed by atoms with Gasteiger partial charge in [0.15, 0.2) is 5.82 Å². The van der Waals surface area contributed by atoms with Crippen LogP contribution in [0.4, 0.5) is 32.1 Å². The number of nitrogens with zero attached hydrogens (tertiary/aromatic N) is 3. The second kappa shape index (κ2) is 5.76. The average molecular weight is 303 g/mol. The van der Waals surface area contributed by atoms with Gasteiger partial charge in [0.2, 0.25) is 5.95 Å². The van der Waals surface area contributed by atoms with Gasteiger partial charge in [-0.1, -0.05) is 11.2 Å². The lowest BCUT2D eigenvalue weighted by Crippen LogP contribution is -2.03. The third kappa shape index (κ3) is 3.00. The summed E-state index contributed by atoms with van der Waals surface area (Å²) in [5.41, 5.74) is -0.308. The summed E-state index contributed by atoms with van der Waals surface area (Å²) in [6.45, 7) is 1.76. The highest BCUT2D eigenvalue weighted by Crippen LogP contribution is 2.22. The number of hydrogen-bond donors (Lipinski definition) is 2. The zero-order valence-electron chi connectivity index (χ0n) is 11.5. The standard InChI is InChI=1S/C14H11F2N5O/c1-8-7-12(21-22-8)18-11-5-6-17-14(19-11)20-13-9(15)3-2-4-10(13)16/h2-7H,1H3,(H2,17,18,19,20,21). The highest BCUT2D eigenvalue weighted by Gasteiger charge is 2.10. The number of nitrogens with one attached hydrogen (secondary N) is 2. The van der Waals surface area contributed by atoms with Gasteiger partial charge in [0.25, 0.3) is 0 Å². The minimum absolute atomic E-state index is 0.0502. The Kier molecular flexibility index (Phi) is 3.65. The quantitative estimate of drug-likeness (QED) is 0.768. The molecule has 2 heterocycles. The smallest absolute Gasteiger partial charge is 0.229 e. The van der Waals surface area contributed by atoms with Crippen molar-refractivity contribution in [1.82, 2.24) is 15.1 Å². The molecule has 2 N–H and O–H groups in total. The maximum Gasteiger partial charge on any atom is 0.229 e. The maximum absolute atomic E-state index is 13.6. The average Bonchev–Trinajstić information content (AvgIpc) is 2.89. The van der Waals surface area contributed by atoms with Gasteiger partial charge < -0.3 is 15.2 Å². The number of halogens is 2. The van der Waals surface area contributed by atoms with Crippen LogP contribution in [0.1, 0.15) is 5.76 Å². The molecule has 0 fully saturated rings. The van der Waals surface area contributed by atoms with E-state index in [1.165, 1.54) is 12.3 Å². The first kappa shape index (κ1) is 13.9. The van der Waals surface area contributed by atoms with Crippen molar-refractivity contribution in [2.24, 2.45) is 0 Å². The van der Waals surface area contributed by atoms with Gasteiger partial charge in [-0.2, -0.15) is 4.98 Å². The van der Waals surface area contributed by atoms with Gasteiger partial charge in [-0.25, -0.2) is 13.8 Å². The lowest BCUT2D eigenvalue weighted by atomic mass is 10.3. The van der Waals surface area contributed by atoms with Crippen molar-refractivity contribution in [3.8, 4) is 0 Å². The zero-order valence-corrected chi connectivity index (χ0v) is 11.5. The number of aromatic nitrogens is 3. The highest BCUT2D eigenvalue weighted by atomic mass is 19.1. The second-order valence-electron chi connectivity index (χ2n) is 4.43. The van der Waals surface area contributed by atoms with E-state index in [2.05, 4.69) is 25.8 Å². The second-order valence-corrected chi connectivity index (χ2v) is 4.43. The molecule has 0 aliphatic heterocycles. The number of anilines is 4. The zero-order chi connectivity index (χ0) is 15.5. The van der Waals surface area contributed by atoms with Crippen molar-refractivity contribution >= 4 is 23.3 Å². The molecular weight excluding hydrogens is 292 g/mol. The van der Waals surface area contributed by atoms with Crippen LogP contribution in [-0.4, -0.2) is 15.1 Å². The Labute approximate surface area is 124 Å². The Hall–Kier alpha value is -3.03. The number of hydrogen-bond acceptors (Lipinski definition) is 6. The lowest BCUT2D eigenvalue weighted by Gasteiger charge is -2.08. The molecule has 2 aromatic heterocycles. The lowest BCUT2D eigenvalue weighted by molar-refractivity contribution is 0.400. The molecular formula is C14H11F2N5O. The summed E-state index contributed by atoms with van der Waals surface area (Å²) in [5, 5.41) is 9.18. The van der Waals surface area contributed by atoms with Gasteiger partial charge in [0.1, 0.15) is 28.9 Å². The molecule has 0 saturated carbocycles. The summed E-state index contributed by atoms with van der Waals surface area (Å²) in [4.78, 5) is 8.03. The summed E-state index contributed by atoms with van der Waals surface area (Å²) in [6.07, 6.45) is 1.45. The first-order valence-corrected chi connectivity index (χ1v) is 6.36. The molecule has 0 atom stereocenters. The van der Waals surface area contributed by atoms with Gasteiger partial charge in [-0.3, -0.25) is 0 Å².